The first-order chi connectivity index (χ1) is 13.8. The molecule has 8 heteroatoms. The second-order valence-corrected chi connectivity index (χ2v) is 10.4. The number of hydrogen-bond acceptors (Lipinski definition) is 5. The molecule has 1 atom stereocenters. The third kappa shape index (κ3) is 3.80. The number of nitrogens with zero attached hydrogens (tertiary/aromatic N) is 2. The average Bonchev–Trinajstić information content (AvgIpc) is 3.29. The molecule has 4 rings (SSSR count). The highest BCUT2D eigenvalue weighted by Crippen LogP contribution is 2.31. The summed E-state index contributed by atoms with van der Waals surface area (Å²) in [6, 6.07) is 10.1. The quantitative estimate of drug-likeness (QED) is 0.680. The Kier molecular flexibility index (Phi) is 5.18. The predicted octanol–water partition coefficient (Wildman–Crippen LogP) is 4.01. The Balaban J connectivity index is 1.58. The molecule has 6 nitrogen and oxygen atoms in total. The van der Waals surface area contributed by atoms with E-state index in [1.54, 1.807) is 24.3 Å². The molecular formula is C21H23N3O3S2. The van der Waals surface area contributed by atoms with E-state index in [2.05, 4.69) is 16.4 Å². The fourth-order valence-electron chi connectivity index (χ4n) is 3.75. The number of thiazole rings is 1. The van der Waals surface area contributed by atoms with Crippen LogP contribution in [0.15, 0.2) is 41.3 Å². The summed E-state index contributed by atoms with van der Waals surface area (Å²) < 4.78 is 28.5. The van der Waals surface area contributed by atoms with E-state index in [1.807, 2.05) is 26.8 Å². The Morgan fingerprint density at radius 2 is 1.86 bits per heavy atom. The van der Waals surface area contributed by atoms with E-state index in [-0.39, 0.29) is 10.8 Å². The Morgan fingerprint density at radius 1 is 1.14 bits per heavy atom. The summed E-state index contributed by atoms with van der Waals surface area (Å²) in [5, 5.41) is 3.34. The van der Waals surface area contributed by atoms with Crippen LogP contribution in [0.4, 0.5) is 5.13 Å². The number of carbonyl (C=O) groups excluding carboxylic acids is 1. The summed E-state index contributed by atoms with van der Waals surface area (Å²) >= 11 is 1.42. The van der Waals surface area contributed by atoms with Crippen LogP contribution in [-0.4, -0.2) is 36.2 Å². The zero-order chi connectivity index (χ0) is 20.8. The smallest absolute Gasteiger partial charge is 0.244 e. The Labute approximate surface area is 174 Å². The number of carbonyl (C=O) groups is 1. The second-order valence-electron chi connectivity index (χ2n) is 7.53. The maximum absolute atomic E-state index is 13.1. The monoisotopic (exact) mass is 429 g/mol. The average molecular weight is 430 g/mol. The zero-order valence-electron chi connectivity index (χ0n) is 16.6. The van der Waals surface area contributed by atoms with Gasteiger partial charge in [-0.15, -0.1) is 0 Å². The van der Waals surface area contributed by atoms with Gasteiger partial charge in [0.15, 0.2) is 5.13 Å². The first-order valence-corrected chi connectivity index (χ1v) is 11.8. The van der Waals surface area contributed by atoms with Gasteiger partial charge in [-0.25, -0.2) is 13.4 Å². The van der Waals surface area contributed by atoms with Gasteiger partial charge in [-0.3, -0.25) is 4.79 Å². The van der Waals surface area contributed by atoms with Crippen molar-refractivity contribution >= 4 is 42.6 Å². The van der Waals surface area contributed by atoms with Crippen molar-refractivity contribution in [3.63, 3.8) is 0 Å². The molecule has 2 heterocycles. The van der Waals surface area contributed by atoms with E-state index in [0.717, 1.165) is 26.9 Å². The number of sulfonamides is 1. The zero-order valence-corrected chi connectivity index (χ0v) is 18.2. The van der Waals surface area contributed by atoms with Crippen molar-refractivity contribution in [2.24, 2.45) is 0 Å². The molecule has 1 amide bonds. The minimum atomic E-state index is -3.72. The molecule has 0 bridgehead atoms. The topological polar surface area (TPSA) is 79.4 Å². The van der Waals surface area contributed by atoms with E-state index in [4.69, 9.17) is 0 Å². The molecule has 0 aliphatic carbocycles. The summed E-state index contributed by atoms with van der Waals surface area (Å²) in [6.07, 6.45) is 1.15. The molecule has 0 saturated carbocycles. The highest BCUT2D eigenvalue weighted by atomic mass is 32.2. The van der Waals surface area contributed by atoms with Gasteiger partial charge < -0.3 is 5.32 Å². The summed E-state index contributed by atoms with van der Waals surface area (Å²) in [6.45, 7) is 6.28. The molecule has 1 N–H and O–H groups in total. The van der Waals surface area contributed by atoms with Crippen molar-refractivity contribution in [1.82, 2.24) is 9.29 Å². The van der Waals surface area contributed by atoms with Crippen LogP contribution in [0.2, 0.25) is 0 Å². The van der Waals surface area contributed by atoms with E-state index < -0.39 is 16.1 Å². The first-order valence-electron chi connectivity index (χ1n) is 9.53. The number of nitrogens with one attached hydrogen (secondary N) is 1. The van der Waals surface area contributed by atoms with Crippen LogP contribution in [0, 0.1) is 20.8 Å². The number of benzene rings is 2. The molecule has 1 saturated heterocycles. The summed E-state index contributed by atoms with van der Waals surface area (Å²) in [7, 11) is -3.72. The van der Waals surface area contributed by atoms with E-state index in [9.17, 15) is 13.2 Å². The highest BCUT2D eigenvalue weighted by Gasteiger charge is 2.39. The number of rotatable bonds is 4. The molecule has 1 fully saturated rings. The largest absolute Gasteiger partial charge is 0.301 e. The summed E-state index contributed by atoms with van der Waals surface area (Å²) in [5.74, 6) is -0.327. The van der Waals surface area contributed by atoms with Crippen molar-refractivity contribution in [1.29, 1.82) is 0 Å². The number of aryl methyl sites for hydroxylation is 3. The Morgan fingerprint density at radius 3 is 2.59 bits per heavy atom. The molecule has 1 unspecified atom stereocenters. The lowest BCUT2D eigenvalue weighted by molar-refractivity contribution is -0.119. The molecule has 1 aliphatic heterocycles. The molecule has 3 aromatic rings. The maximum Gasteiger partial charge on any atom is 0.244 e. The van der Waals surface area contributed by atoms with Gasteiger partial charge in [-0.2, -0.15) is 4.31 Å². The van der Waals surface area contributed by atoms with Gasteiger partial charge in [0.25, 0.3) is 0 Å². The van der Waals surface area contributed by atoms with Crippen molar-refractivity contribution < 1.29 is 13.2 Å². The van der Waals surface area contributed by atoms with Gasteiger partial charge in [-0.05, 0) is 62.9 Å². The normalized spacial score (nSPS) is 17.7. The molecule has 0 radical (unpaired) electrons. The minimum Gasteiger partial charge on any atom is -0.301 e. The SMILES string of the molecule is Cc1ccc(S(=O)(=O)N2CCCC2C(=O)Nc2nc3cc(C)cc(C)c3s2)cc1. The van der Waals surface area contributed by atoms with Gasteiger partial charge in [0.2, 0.25) is 15.9 Å². The first kappa shape index (κ1) is 20.0. The fourth-order valence-corrected chi connectivity index (χ4v) is 6.33. The van der Waals surface area contributed by atoms with E-state index >= 15 is 0 Å². The molecular weight excluding hydrogens is 406 g/mol. The van der Waals surface area contributed by atoms with Crippen LogP contribution in [-0.2, 0) is 14.8 Å². The number of hydrogen-bond donors (Lipinski definition) is 1. The third-order valence-electron chi connectivity index (χ3n) is 5.18. The summed E-state index contributed by atoms with van der Waals surface area (Å²) in [5.41, 5.74) is 4.06. The lowest BCUT2D eigenvalue weighted by Gasteiger charge is -2.23. The fraction of sp³-hybridized carbons (Fsp3) is 0.333. The van der Waals surface area contributed by atoms with Gasteiger partial charge in [-0.1, -0.05) is 35.1 Å². The predicted molar refractivity (Wildman–Crippen MR) is 116 cm³/mol. The van der Waals surface area contributed by atoms with Gasteiger partial charge in [0.1, 0.15) is 6.04 Å². The van der Waals surface area contributed by atoms with Crippen molar-refractivity contribution in [2.45, 2.75) is 44.6 Å². The Bertz CT molecular complexity index is 1180. The van der Waals surface area contributed by atoms with Crippen LogP contribution < -0.4 is 5.32 Å². The number of aromatic nitrogens is 1. The van der Waals surface area contributed by atoms with Crippen molar-refractivity contribution in [2.75, 3.05) is 11.9 Å². The second kappa shape index (κ2) is 7.51. The molecule has 0 spiro atoms. The number of anilines is 1. The van der Waals surface area contributed by atoms with E-state index in [1.165, 1.54) is 15.6 Å². The lowest BCUT2D eigenvalue weighted by Crippen LogP contribution is -2.43. The van der Waals surface area contributed by atoms with Crippen LogP contribution >= 0.6 is 11.3 Å². The maximum atomic E-state index is 13.1. The molecule has 152 valence electrons. The molecule has 1 aliphatic rings. The standard InChI is InChI=1S/C21H23N3O3S2/c1-13-6-8-16(9-7-13)29(26,27)24-10-4-5-18(24)20(25)23-21-22-17-12-14(2)11-15(3)19(17)28-21/h6-9,11-12,18H,4-5,10H2,1-3H3,(H,22,23,25). The number of amides is 1. The lowest BCUT2D eigenvalue weighted by atomic mass is 10.1. The highest BCUT2D eigenvalue weighted by molar-refractivity contribution is 7.89. The van der Waals surface area contributed by atoms with Gasteiger partial charge in [0, 0.05) is 6.54 Å². The van der Waals surface area contributed by atoms with Crippen LogP contribution in [0.25, 0.3) is 10.2 Å². The number of fused-ring (bicyclic) bond motifs is 1. The van der Waals surface area contributed by atoms with Crippen molar-refractivity contribution in [3.8, 4) is 0 Å². The summed E-state index contributed by atoms with van der Waals surface area (Å²) in [4.78, 5) is 17.7. The Hall–Kier alpha value is -2.29. The van der Waals surface area contributed by atoms with Gasteiger partial charge in [0.05, 0.1) is 15.1 Å². The van der Waals surface area contributed by atoms with Crippen LogP contribution in [0.1, 0.15) is 29.5 Å². The third-order valence-corrected chi connectivity index (χ3v) is 8.23. The van der Waals surface area contributed by atoms with E-state index in [0.29, 0.717) is 24.5 Å². The van der Waals surface area contributed by atoms with Crippen molar-refractivity contribution in [3.05, 3.63) is 53.1 Å². The molecule has 2 aromatic carbocycles. The minimum absolute atomic E-state index is 0.217. The van der Waals surface area contributed by atoms with Gasteiger partial charge >= 0.3 is 0 Å². The van der Waals surface area contributed by atoms with Crippen LogP contribution in [0.3, 0.4) is 0 Å². The molecule has 29 heavy (non-hydrogen) atoms. The molecule has 1 aromatic heterocycles. The van der Waals surface area contributed by atoms with Crippen LogP contribution in [0.5, 0.6) is 0 Å².